The summed E-state index contributed by atoms with van der Waals surface area (Å²) < 4.78 is 5.49. The number of hydrogen-bond acceptors (Lipinski definition) is 2. The average molecular weight is 341 g/mol. The number of esters is 1. The molecule has 0 aliphatic heterocycles. The zero-order valence-corrected chi connectivity index (χ0v) is 16.9. The van der Waals surface area contributed by atoms with Gasteiger partial charge in [-0.15, -0.1) is 0 Å². The first-order valence-corrected chi connectivity index (χ1v) is 10.9. The second-order valence-corrected chi connectivity index (χ2v) is 7.33. The van der Waals surface area contributed by atoms with Gasteiger partial charge in [-0.25, -0.2) is 0 Å². The fraction of sp³-hybridized carbons (Fsp3) is 0.955. The van der Waals surface area contributed by atoms with E-state index >= 15 is 0 Å². The highest BCUT2D eigenvalue weighted by Gasteiger charge is 2.19. The molecule has 144 valence electrons. The molecule has 2 nitrogen and oxygen atoms in total. The van der Waals surface area contributed by atoms with Gasteiger partial charge >= 0.3 is 5.97 Å². The monoisotopic (exact) mass is 340 g/mol. The van der Waals surface area contributed by atoms with Crippen molar-refractivity contribution in [2.24, 2.45) is 5.92 Å². The molecular weight excluding hydrogens is 296 g/mol. The number of carbonyl (C=O) groups is 1. The van der Waals surface area contributed by atoms with Crippen LogP contribution in [0.3, 0.4) is 0 Å². The van der Waals surface area contributed by atoms with Crippen LogP contribution in [-0.4, -0.2) is 12.6 Å². The predicted molar refractivity (Wildman–Crippen MR) is 105 cm³/mol. The van der Waals surface area contributed by atoms with Gasteiger partial charge in [0.1, 0.15) is 0 Å². The van der Waals surface area contributed by atoms with E-state index in [1.807, 2.05) is 0 Å². The van der Waals surface area contributed by atoms with Crippen LogP contribution in [0, 0.1) is 5.92 Å². The zero-order chi connectivity index (χ0) is 17.9. The molecule has 0 fully saturated rings. The van der Waals surface area contributed by atoms with Crippen LogP contribution < -0.4 is 0 Å². The standard InChI is InChI=1S/C22H44O2/c1-4-7-10-12-13-15-17-19-21(18-16-14-11-8-5-2)22(23)24-20-9-6-3/h21H,4-20H2,1-3H3. The molecule has 0 amide bonds. The van der Waals surface area contributed by atoms with E-state index in [-0.39, 0.29) is 11.9 Å². The van der Waals surface area contributed by atoms with Crippen molar-refractivity contribution >= 4 is 5.97 Å². The predicted octanol–water partition coefficient (Wildman–Crippen LogP) is 7.45. The molecule has 0 aliphatic rings. The summed E-state index contributed by atoms with van der Waals surface area (Å²) in [5.74, 6) is 0.226. The van der Waals surface area contributed by atoms with Gasteiger partial charge in [0, 0.05) is 0 Å². The lowest BCUT2D eigenvalue weighted by atomic mass is 9.94. The Labute approximate surface area is 152 Å². The van der Waals surface area contributed by atoms with E-state index in [2.05, 4.69) is 20.8 Å². The molecule has 0 spiro atoms. The Morgan fingerprint density at radius 3 is 1.50 bits per heavy atom. The van der Waals surface area contributed by atoms with Gasteiger partial charge in [0.25, 0.3) is 0 Å². The minimum absolute atomic E-state index is 0.0740. The Bertz CT molecular complexity index is 263. The van der Waals surface area contributed by atoms with E-state index in [1.165, 1.54) is 77.0 Å². The van der Waals surface area contributed by atoms with E-state index < -0.39 is 0 Å². The maximum atomic E-state index is 12.3. The summed E-state index contributed by atoms with van der Waals surface area (Å²) in [6.45, 7) is 7.25. The van der Waals surface area contributed by atoms with E-state index in [1.54, 1.807) is 0 Å². The fourth-order valence-corrected chi connectivity index (χ4v) is 3.16. The van der Waals surface area contributed by atoms with Crippen molar-refractivity contribution in [1.29, 1.82) is 0 Å². The van der Waals surface area contributed by atoms with Crippen molar-refractivity contribution in [3.8, 4) is 0 Å². The summed E-state index contributed by atoms with van der Waals surface area (Å²) in [6, 6.07) is 0. The summed E-state index contributed by atoms with van der Waals surface area (Å²) in [4.78, 5) is 12.3. The highest BCUT2D eigenvalue weighted by Crippen LogP contribution is 2.20. The highest BCUT2D eigenvalue weighted by molar-refractivity contribution is 5.72. The van der Waals surface area contributed by atoms with Gasteiger partial charge in [-0.05, 0) is 19.3 Å². The van der Waals surface area contributed by atoms with Crippen LogP contribution in [0.25, 0.3) is 0 Å². The number of unbranched alkanes of at least 4 members (excludes halogenated alkanes) is 11. The minimum Gasteiger partial charge on any atom is -0.465 e. The second kappa shape index (κ2) is 18.8. The van der Waals surface area contributed by atoms with Crippen LogP contribution in [0.1, 0.15) is 124 Å². The number of rotatable bonds is 18. The molecule has 1 atom stereocenters. The lowest BCUT2D eigenvalue weighted by Crippen LogP contribution is -2.18. The van der Waals surface area contributed by atoms with Gasteiger partial charge in [0.2, 0.25) is 0 Å². The molecule has 24 heavy (non-hydrogen) atoms. The van der Waals surface area contributed by atoms with Crippen LogP contribution in [0.15, 0.2) is 0 Å². The van der Waals surface area contributed by atoms with Gasteiger partial charge in [-0.3, -0.25) is 4.79 Å². The van der Waals surface area contributed by atoms with Crippen molar-refractivity contribution in [2.45, 2.75) is 124 Å². The zero-order valence-electron chi connectivity index (χ0n) is 16.9. The van der Waals surface area contributed by atoms with Gasteiger partial charge in [-0.1, -0.05) is 104 Å². The van der Waals surface area contributed by atoms with Gasteiger partial charge in [0.15, 0.2) is 0 Å². The normalized spacial score (nSPS) is 12.3. The molecule has 0 N–H and O–H groups in total. The van der Waals surface area contributed by atoms with E-state index in [0.29, 0.717) is 6.61 Å². The lowest BCUT2D eigenvalue weighted by molar-refractivity contribution is -0.149. The molecule has 0 rings (SSSR count). The first-order chi connectivity index (χ1) is 11.8. The van der Waals surface area contributed by atoms with Crippen LogP contribution in [0.4, 0.5) is 0 Å². The third kappa shape index (κ3) is 15.0. The lowest BCUT2D eigenvalue weighted by Gasteiger charge is -2.16. The molecule has 1 unspecified atom stereocenters. The van der Waals surface area contributed by atoms with Crippen LogP contribution in [0.2, 0.25) is 0 Å². The third-order valence-electron chi connectivity index (χ3n) is 4.89. The molecule has 0 aromatic heterocycles. The largest absolute Gasteiger partial charge is 0.465 e. The molecule has 0 heterocycles. The van der Waals surface area contributed by atoms with E-state index in [0.717, 1.165) is 25.7 Å². The SMILES string of the molecule is CCCCCCCCCC(CCCCCCC)C(=O)OCCCC. The van der Waals surface area contributed by atoms with Crippen molar-refractivity contribution in [3.63, 3.8) is 0 Å². The van der Waals surface area contributed by atoms with Gasteiger partial charge in [-0.2, -0.15) is 0 Å². The maximum Gasteiger partial charge on any atom is 0.308 e. The van der Waals surface area contributed by atoms with Crippen LogP contribution >= 0.6 is 0 Å². The van der Waals surface area contributed by atoms with Crippen molar-refractivity contribution in [3.05, 3.63) is 0 Å². The van der Waals surface area contributed by atoms with Crippen molar-refractivity contribution < 1.29 is 9.53 Å². The Balaban J connectivity index is 3.95. The van der Waals surface area contributed by atoms with E-state index in [4.69, 9.17) is 4.74 Å². The second-order valence-electron chi connectivity index (χ2n) is 7.33. The molecule has 0 saturated heterocycles. The van der Waals surface area contributed by atoms with Crippen molar-refractivity contribution in [2.75, 3.05) is 6.61 Å². The Hall–Kier alpha value is -0.530. The first-order valence-electron chi connectivity index (χ1n) is 10.9. The summed E-state index contributed by atoms with van der Waals surface area (Å²) in [7, 11) is 0. The number of hydrogen-bond donors (Lipinski definition) is 0. The number of ether oxygens (including phenoxy) is 1. The van der Waals surface area contributed by atoms with Crippen molar-refractivity contribution in [1.82, 2.24) is 0 Å². The Kier molecular flexibility index (Phi) is 18.4. The summed E-state index contributed by atoms with van der Waals surface area (Å²) >= 11 is 0. The fourth-order valence-electron chi connectivity index (χ4n) is 3.16. The molecule has 0 aromatic carbocycles. The first kappa shape index (κ1) is 23.5. The molecule has 0 aromatic rings. The molecule has 0 bridgehead atoms. The molecule has 0 aliphatic carbocycles. The molecule has 0 saturated carbocycles. The quantitative estimate of drug-likeness (QED) is 0.191. The van der Waals surface area contributed by atoms with Crippen LogP contribution in [-0.2, 0) is 9.53 Å². The van der Waals surface area contributed by atoms with E-state index in [9.17, 15) is 4.79 Å². The smallest absolute Gasteiger partial charge is 0.308 e. The molecular formula is C22H44O2. The Morgan fingerprint density at radius 2 is 1.04 bits per heavy atom. The topological polar surface area (TPSA) is 26.3 Å². The van der Waals surface area contributed by atoms with Gasteiger partial charge in [0.05, 0.1) is 12.5 Å². The van der Waals surface area contributed by atoms with Gasteiger partial charge < -0.3 is 4.74 Å². The summed E-state index contributed by atoms with van der Waals surface area (Å²) in [5, 5.41) is 0. The molecule has 2 heteroatoms. The summed E-state index contributed by atoms with van der Waals surface area (Å²) in [5.41, 5.74) is 0. The average Bonchev–Trinajstić information content (AvgIpc) is 2.59. The minimum atomic E-state index is 0.0740. The molecule has 0 radical (unpaired) electrons. The maximum absolute atomic E-state index is 12.3. The number of carbonyl (C=O) groups excluding carboxylic acids is 1. The van der Waals surface area contributed by atoms with Crippen LogP contribution in [0.5, 0.6) is 0 Å². The summed E-state index contributed by atoms with van der Waals surface area (Å²) in [6.07, 6.45) is 19.7. The Morgan fingerprint density at radius 1 is 0.625 bits per heavy atom. The highest BCUT2D eigenvalue weighted by atomic mass is 16.5. The third-order valence-corrected chi connectivity index (χ3v) is 4.89.